The highest BCUT2D eigenvalue weighted by Gasteiger charge is 2.36. The molecule has 1 unspecified atom stereocenters. The molecule has 0 saturated carbocycles. The van der Waals surface area contributed by atoms with Crippen LogP contribution in [0.5, 0.6) is 0 Å². The number of rotatable bonds is 2. The lowest BCUT2D eigenvalue weighted by Gasteiger charge is -2.48. The van der Waals surface area contributed by atoms with E-state index in [1.165, 1.54) is 31.4 Å². The summed E-state index contributed by atoms with van der Waals surface area (Å²) in [6.07, 6.45) is 17.2. The quantitative estimate of drug-likeness (QED) is 0.724. The molecule has 0 bridgehead atoms. The smallest absolute Gasteiger partial charge is 0.0616 e. The van der Waals surface area contributed by atoms with Crippen molar-refractivity contribution in [3.8, 4) is 0 Å². The minimum absolute atomic E-state index is 0.223. The monoisotopic (exact) mass is 242 g/mol. The summed E-state index contributed by atoms with van der Waals surface area (Å²) in [7, 11) is 0. The molecule has 3 aliphatic rings. The van der Waals surface area contributed by atoms with Crippen LogP contribution in [0.1, 0.15) is 39.0 Å². The molecule has 0 N–H and O–H groups in total. The molecule has 1 atom stereocenters. The third-order valence-electron chi connectivity index (χ3n) is 4.52. The van der Waals surface area contributed by atoms with Crippen LogP contribution in [0, 0.1) is 0 Å². The molecule has 3 rings (SSSR count). The predicted octanol–water partition coefficient (Wildman–Crippen LogP) is 3.48. The molecule has 2 heteroatoms. The van der Waals surface area contributed by atoms with Crippen molar-refractivity contribution in [3.05, 3.63) is 35.6 Å². The van der Waals surface area contributed by atoms with Crippen LogP contribution in [0.2, 0.25) is 0 Å². The van der Waals surface area contributed by atoms with E-state index < -0.39 is 0 Å². The number of hydrogen-bond acceptors (Lipinski definition) is 2. The Morgan fingerprint density at radius 2 is 2.28 bits per heavy atom. The van der Waals surface area contributed by atoms with Crippen molar-refractivity contribution in [3.63, 3.8) is 0 Å². The zero-order valence-electron chi connectivity index (χ0n) is 11.2. The Bertz CT molecular complexity index is 442. The first-order valence-corrected chi connectivity index (χ1v) is 7.19. The average Bonchev–Trinajstić information content (AvgIpc) is 2.47. The molecule has 0 spiro atoms. The molecule has 2 aliphatic heterocycles. The van der Waals surface area contributed by atoms with Gasteiger partial charge in [-0.15, -0.1) is 0 Å². The first kappa shape index (κ1) is 11.8. The Morgan fingerprint density at radius 3 is 3.06 bits per heavy atom. The largest absolute Gasteiger partial charge is 0.365 e. The summed E-state index contributed by atoms with van der Waals surface area (Å²) in [5.41, 5.74) is 3.28. The van der Waals surface area contributed by atoms with E-state index in [-0.39, 0.29) is 5.54 Å². The maximum absolute atomic E-state index is 4.45. The molecule has 0 radical (unpaired) electrons. The summed E-state index contributed by atoms with van der Waals surface area (Å²) in [5.74, 6) is 0. The van der Waals surface area contributed by atoms with Crippen molar-refractivity contribution < 1.29 is 0 Å². The second-order valence-corrected chi connectivity index (χ2v) is 5.46. The zero-order valence-corrected chi connectivity index (χ0v) is 11.2. The van der Waals surface area contributed by atoms with Crippen LogP contribution in [0.4, 0.5) is 0 Å². The normalized spacial score (nSPS) is 30.8. The SMILES string of the molecule is CCC1(N2CCCC3=C2CCN=C3)C=CC=CC1. The first-order valence-electron chi connectivity index (χ1n) is 7.19. The average molecular weight is 242 g/mol. The fourth-order valence-corrected chi connectivity index (χ4v) is 3.46. The zero-order chi connectivity index (χ0) is 12.4. The van der Waals surface area contributed by atoms with Gasteiger partial charge in [-0.2, -0.15) is 0 Å². The lowest BCUT2D eigenvalue weighted by atomic mass is 9.83. The molecule has 0 aromatic heterocycles. The molecule has 0 aromatic rings. The summed E-state index contributed by atoms with van der Waals surface area (Å²) < 4.78 is 0. The van der Waals surface area contributed by atoms with Crippen molar-refractivity contribution in [2.24, 2.45) is 4.99 Å². The molecule has 0 aromatic carbocycles. The Morgan fingerprint density at radius 1 is 1.33 bits per heavy atom. The van der Waals surface area contributed by atoms with E-state index in [2.05, 4.69) is 47.3 Å². The van der Waals surface area contributed by atoms with Crippen molar-refractivity contribution in [2.75, 3.05) is 13.1 Å². The number of nitrogens with zero attached hydrogens (tertiary/aromatic N) is 2. The molecule has 0 saturated heterocycles. The van der Waals surface area contributed by atoms with Gasteiger partial charge < -0.3 is 4.90 Å². The maximum Gasteiger partial charge on any atom is 0.0616 e. The highest BCUT2D eigenvalue weighted by Crippen LogP contribution is 2.38. The topological polar surface area (TPSA) is 15.6 Å². The van der Waals surface area contributed by atoms with Gasteiger partial charge in [0.05, 0.1) is 5.54 Å². The van der Waals surface area contributed by atoms with Gasteiger partial charge in [0.25, 0.3) is 0 Å². The van der Waals surface area contributed by atoms with Crippen molar-refractivity contribution in [2.45, 2.75) is 44.6 Å². The van der Waals surface area contributed by atoms with E-state index in [9.17, 15) is 0 Å². The van der Waals surface area contributed by atoms with E-state index in [0.29, 0.717) is 0 Å². The summed E-state index contributed by atoms with van der Waals surface area (Å²) >= 11 is 0. The lowest BCUT2D eigenvalue weighted by molar-refractivity contribution is 0.153. The molecule has 1 aliphatic carbocycles. The fourth-order valence-electron chi connectivity index (χ4n) is 3.46. The summed E-state index contributed by atoms with van der Waals surface area (Å²) in [4.78, 5) is 7.13. The molecule has 2 heterocycles. The highest BCUT2D eigenvalue weighted by molar-refractivity contribution is 5.80. The summed E-state index contributed by atoms with van der Waals surface area (Å²) in [6, 6.07) is 0. The van der Waals surface area contributed by atoms with Crippen LogP contribution in [0.25, 0.3) is 0 Å². The third kappa shape index (κ3) is 1.84. The Balaban J connectivity index is 1.97. The Kier molecular flexibility index (Phi) is 3.11. The lowest BCUT2D eigenvalue weighted by Crippen LogP contribution is -2.49. The minimum atomic E-state index is 0.223. The van der Waals surface area contributed by atoms with Gasteiger partial charge in [-0.25, -0.2) is 0 Å². The molecular weight excluding hydrogens is 220 g/mol. The van der Waals surface area contributed by atoms with Crippen LogP contribution in [-0.4, -0.2) is 29.7 Å². The highest BCUT2D eigenvalue weighted by atomic mass is 15.2. The minimum Gasteiger partial charge on any atom is -0.365 e. The number of allylic oxidation sites excluding steroid dienone is 3. The van der Waals surface area contributed by atoms with Gasteiger partial charge in [0.15, 0.2) is 0 Å². The van der Waals surface area contributed by atoms with Crippen LogP contribution >= 0.6 is 0 Å². The van der Waals surface area contributed by atoms with E-state index in [1.807, 2.05) is 0 Å². The molecule has 2 nitrogen and oxygen atoms in total. The van der Waals surface area contributed by atoms with Gasteiger partial charge in [-0.3, -0.25) is 4.99 Å². The molecule has 96 valence electrons. The van der Waals surface area contributed by atoms with Gasteiger partial charge in [0, 0.05) is 31.4 Å². The summed E-state index contributed by atoms with van der Waals surface area (Å²) in [5, 5.41) is 0. The third-order valence-corrected chi connectivity index (χ3v) is 4.52. The van der Waals surface area contributed by atoms with E-state index in [0.717, 1.165) is 19.4 Å². The number of hydrogen-bond donors (Lipinski definition) is 0. The maximum atomic E-state index is 4.45. The van der Waals surface area contributed by atoms with Gasteiger partial charge in [-0.1, -0.05) is 31.2 Å². The fraction of sp³-hybridized carbons (Fsp3) is 0.562. The van der Waals surface area contributed by atoms with E-state index in [4.69, 9.17) is 0 Å². The van der Waals surface area contributed by atoms with Crippen LogP contribution in [0.3, 0.4) is 0 Å². The second kappa shape index (κ2) is 4.75. The van der Waals surface area contributed by atoms with Gasteiger partial charge in [0.1, 0.15) is 0 Å². The molecular formula is C16H22N2. The van der Waals surface area contributed by atoms with Gasteiger partial charge in [0.2, 0.25) is 0 Å². The van der Waals surface area contributed by atoms with Gasteiger partial charge >= 0.3 is 0 Å². The molecule has 18 heavy (non-hydrogen) atoms. The van der Waals surface area contributed by atoms with Crippen molar-refractivity contribution in [1.82, 2.24) is 4.90 Å². The van der Waals surface area contributed by atoms with Crippen LogP contribution < -0.4 is 0 Å². The van der Waals surface area contributed by atoms with Crippen LogP contribution in [0.15, 0.2) is 40.6 Å². The van der Waals surface area contributed by atoms with Crippen molar-refractivity contribution >= 4 is 6.21 Å². The van der Waals surface area contributed by atoms with E-state index >= 15 is 0 Å². The van der Waals surface area contributed by atoms with Crippen LogP contribution in [-0.2, 0) is 0 Å². The summed E-state index contributed by atoms with van der Waals surface area (Å²) in [6.45, 7) is 4.49. The Labute approximate surface area is 110 Å². The van der Waals surface area contributed by atoms with Gasteiger partial charge in [-0.05, 0) is 31.3 Å². The number of dihydropyridines is 1. The first-order chi connectivity index (χ1) is 8.86. The van der Waals surface area contributed by atoms with Crippen molar-refractivity contribution in [1.29, 1.82) is 0 Å². The van der Waals surface area contributed by atoms with E-state index in [1.54, 1.807) is 5.70 Å². The Hall–Kier alpha value is -1.31. The number of aliphatic imine (C=N–C) groups is 1. The standard InChI is InChI=1S/C16H22N2/c1-2-16(9-4-3-5-10-16)18-12-6-7-14-13-17-11-8-15(14)18/h3-5,9,13H,2,6-8,10-12H2,1H3. The molecule has 0 amide bonds. The predicted molar refractivity (Wildman–Crippen MR) is 76.9 cm³/mol. The second-order valence-electron chi connectivity index (χ2n) is 5.46. The molecule has 0 fully saturated rings.